The first kappa shape index (κ1) is 16.9. The third kappa shape index (κ3) is 3.30. The van der Waals surface area contributed by atoms with Gasteiger partial charge in [0, 0.05) is 37.5 Å². The predicted octanol–water partition coefficient (Wildman–Crippen LogP) is 2.65. The van der Waals surface area contributed by atoms with Gasteiger partial charge in [-0.1, -0.05) is 39.0 Å². The molecule has 0 radical (unpaired) electrons. The molecule has 2 atom stereocenters. The van der Waals surface area contributed by atoms with Gasteiger partial charge in [-0.25, -0.2) is 4.39 Å². The summed E-state index contributed by atoms with van der Waals surface area (Å²) in [6.45, 7) is 8.04. The highest BCUT2D eigenvalue weighted by molar-refractivity contribution is 5.84. The van der Waals surface area contributed by atoms with Crippen molar-refractivity contribution in [3.8, 4) is 0 Å². The summed E-state index contributed by atoms with van der Waals surface area (Å²) < 4.78 is 13.8. The van der Waals surface area contributed by atoms with E-state index in [9.17, 15) is 14.0 Å². The Morgan fingerprint density at radius 3 is 2.21 bits per heavy atom. The number of amides is 2. The minimum atomic E-state index is -0.390. The van der Waals surface area contributed by atoms with Gasteiger partial charge in [0.2, 0.25) is 11.8 Å². The van der Waals surface area contributed by atoms with Crippen molar-refractivity contribution in [2.24, 2.45) is 11.3 Å². The van der Waals surface area contributed by atoms with E-state index in [2.05, 4.69) is 0 Å². The number of hydrogen-bond donors (Lipinski definition) is 0. The topological polar surface area (TPSA) is 40.6 Å². The average molecular weight is 332 g/mol. The van der Waals surface area contributed by atoms with Crippen LogP contribution in [0.2, 0.25) is 0 Å². The van der Waals surface area contributed by atoms with E-state index in [1.54, 1.807) is 12.1 Å². The molecule has 1 saturated carbocycles. The molecule has 0 aromatic heterocycles. The van der Waals surface area contributed by atoms with Gasteiger partial charge in [-0.05, 0) is 24.0 Å². The molecule has 5 heteroatoms. The smallest absolute Gasteiger partial charge is 0.228 e. The monoisotopic (exact) mass is 332 g/mol. The maximum Gasteiger partial charge on any atom is 0.228 e. The van der Waals surface area contributed by atoms with Crippen molar-refractivity contribution >= 4 is 11.8 Å². The highest BCUT2D eigenvalue weighted by Gasteiger charge is 2.47. The van der Waals surface area contributed by atoms with Gasteiger partial charge < -0.3 is 9.80 Å². The summed E-state index contributed by atoms with van der Waals surface area (Å²) in [6, 6.07) is 6.71. The Bertz CT molecular complexity index is 645. The quantitative estimate of drug-likeness (QED) is 0.835. The van der Waals surface area contributed by atoms with Crippen LogP contribution in [0.15, 0.2) is 24.3 Å². The molecule has 1 heterocycles. The number of rotatable bonds is 2. The number of carbonyl (C=O) groups excluding carboxylic acids is 2. The molecule has 1 saturated heterocycles. The number of carbonyl (C=O) groups is 2. The highest BCUT2D eigenvalue weighted by atomic mass is 19.1. The van der Waals surface area contributed by atoms with Crippen LogP contribution in [0, 0.1) is 17.2 Å². The second-order valence-corrected chi connectivity index (χ2v) is 7.84. The summed E-state index contributed by atoms with van der Waals surface area (Å²) in [5.41, 5.74) is 0.260. The van der Waals surface area contributed by atoms with Crippen LogP contribution < -0.4 is 0 Å². The van der Waals surface area contributed by atoms with Gasteiger partial charge in [0.05, 0.1) is 0 Å². The standard InChI is InChI=1S/C19H25FN2O2/c1-19(2,3)18(24)22-10-8-21(9-11-22)17(23)15-12-14(15)13-6-4-5-7-16(13)20/h4-7,14-15H,8-12H2,1-3H3. The molecule has 0 spiro atoms. The van der Waals surface area contributed by atoms with Crippen molar-refractivity contribution < 1.29 is 14.0 Å². The van der Waals surface area contributed by atoms with Gasteiger partial charge in [-0.2, -0.15) is 0 Å². The van der Waals surface area contributed by atoms with Crippen molar-refractivity contribution in [2.45, 2.75) is 33.1 Å². The van der Waals surface area contributed by atoms with Crippen molar-refractivity contribution in [2.75, 3.05) is 26.2 Å². The van der Waals surface area contributed by atoms with E-state index in [1.165, 1.54) is 6.07 Å². The largest absolute Gasteiger partial charge is 0.339 e. The number of piperazine rings is 1. The molecule has 1 aliphatic carbocycles. The maximum absolute atomic E-state index is 13.8. The second-order valence-electron chi connectivity index (χ2n) is 7.84. The van der Waals surface area contributed by atoms with E-state index in [4.69, 9.17) is 0 Å². The Hall–Kier alpha value is -1.91. The van der Waals surface area contributed by atoms with E-state index in [0.717, 1.165) is 6.42 Å². The zero-order valence-corrected chi connectivity index (χ0v) is 14.6. The third-order valence-electron chi connectivity index (χ3n) is 4.93. The van der Waals surface area contributed by atoms with Gasteiger partial charge in [0.1, 0.15) is 5.82 Å². The normalized spacial score (nSPS) is 24.0. The van der Waals surface area contributed by atoms with E-state index in [1.807, 2.05) is 36.6 Å². The fourth-order valence-corrected chi connectivity index (χ4v) is 3.43. The van der Waals surface area contributed by atoms with Gasteiger partial charge in [0.15, 0.2) is 0 Å². The lowest BCUT2D eigenvalue weighted by Crippen LogP contribution is -2.53. The first-order valence-corrected chi connectivity index (χ1v) is 8.61. The fraction of sp³-hybridized carbons (Fsp3) is 0.579. The van der Waals surface area contributed by atoms with Gasteiger partial charge in [0.25, 0.3) is 0 Å². The number of nitrogens with zero attached hydrogens (tertiary/aromatic N) is 2. The Morgan fingerprint density at radius 2 is 1.62 bits per heavy atom. The van der Waals surface area contributed by atoms with E-state index in [0.29, 0.717) is 31.7 Å². The van der Waals surface area contributed by atoms with Crippen LogP contribution in [0.1, 0.15) is 38.7 Å². The van der Waals surface area contributed by atoms with E-state index >= 15 is 0 Å². The molecule has 2 aliphatic rings. The second kappa shape index (κ2) is 6.19. The van der Waals surface area contributed by atoms with Crippen LogP contribution in [0.4, 0.5) is 4.39 Å². The average Bonchev–Trinajstić information content (AvgIpc) is 3.33. The first-order valence-electron chi connectivity index (χ1n) is 8.61. The molecule has 2 amide bonds. The third-order valence-corrected chi connectivity index (χ3v) is 4.93. The molecule has 1 aliphatic heterocycles. The highest BCUT2D eigenvalue weighted by Crippen LogP contribution is 2.49. The Labute approximate surface area is 142 Å². The number of hydrogen-bond acceptors (Lipinski definition) is 2. The van der Waals surface area contributed by atoms with Crippen LogP contribution in [0.5, 0.6) is 0 Å². The van der Waals surface area contributed by atoms with E-state index in [-0.39, 0.29) is 29.5 Å². The zero-order valence-electron chi connectivity index (χ0n) is 14.6. The molecule has 2 unspecified atom stereocenters. The van der Waals surface area contributed by atoms with Gasteiger partial charge >= 0.3 is 0 Å². The van der Waals surface area contributed by atoms with Crippen LogP contribution in [0.3, 0.4) is 0 Å². The summed E-state index contributed by atoms with van der Waals surface area (Å²) in [5.74, 6) is -0.0885. The molecule has 3 rings (SSSR count). The molecule has 0 N–H and O–H groups in total. The summed E-state index contributed by atoms with van der Waals surface area (Å²) in [4.78, 5) is 28.6. The number of halogens is 1. The molecule has 130 valence electrons. The summed E-state index contributed by atoms with van der Waals surface area (Å²) in [6.07, 6.45) is 0.723. The minimum absolute atomic E-state index is 0.00735. The van der Waals surface area contributed by atoms with Crippen LogP contribution in [-0.2, 0) is 9.59 Å². The minimum Gasteiger partial charge on any atom is -0.339 e. The lowest BCUT2D eigenvalue weighted by atomic mass is 9.94. The van der Waals surface area contributed by atoms with Crippen molar-refractivity contribution in [1.29, 1.82) is 0 Å². The maximum atomic E-state index is 13.8. The SMILES string of the molecule is CC(C)(C)C(=O)N1CCN(C(=O)C2CC2c2ccccc2F)CC1. The lowest BCUT2D eigenvalue weighted by Gasteiger charge is -2.37. The Kier molecular flexibility index (Phi) is 4.37. The molecular weight excluding hydrogens is 307 g/mol. The molecule has 0 bridgehead atoms. The predicted molar refractivity (Wildman–Crippen MR) is 89.9 cm³/mol. The summed E-state index contributed by atoms with van der Waals surface area (Å²) in [5, 5.41) is 0. The summed E-state index contributed by atoms with van der Waals surface area (Å²) in [7, 11) is 0. The molecule has 1 aromatic carbocycles. The van der Waals surface area contributed by atoms with Crippen molar-refractivity contribution in [1.82, 2.24) is 9.80 Å². The Balaban J connectivity index is 1.56. The first-order chi connectivity index (χ1) is 11.3. The van der Waals surface area contributed by atoms with E-state index < -0.39 is 5.41 Å². The summed E-state index contributed by atoms with van der Waals surface area (Å²) >= 11 is 0. The molecule has 1 aromatic rings. The lowest BCUT2D eigenvalue weighted by molar-refractivity contribution is -0.145. The van der Waals surface area contributed by atoms with Gasteiger partial charge in [-0.15, -0.1) is 0 Å². The van der Waals surface area contributed by atoms with Gasteiger partial charge in [-0.3, -0.25) is 9.59 Å². The van der Waals surface area contributed by atoms with Crippen LogP contribution in [-0.4, -0.2) is 47.8 Å². The van der Waals surface area contributed by atoms with Crippen LogP contribution in [0.25, 0.3) is 0 Å². The zero-order chi connectivity index (χ0) is 17.5. The molecule has 4 nitrogen and oxygen atoms in total. The van der Waals surface area contributed by atoms with Crippen LogP contribution >= 0.6 is 0 Å². The Morgan fingerprint density at radius 1 is 1.04 bits per heavy atom. The number of benzene rings is 1. The fourth-order valence-electron chi connectivity index (χ4n) is 3.43. The van der Waals surface area contributed by atoms with Crippen molar-refractivity contribution in [3.05, 3.63) is 35.6 Å². The van der Waals surface area contributed by atoms with Crippen molar-refractivity contribution in [3.63, 3.8) is 0 Å². The molecule has 2 fully saturated rings. The molecular formula is C19H25FN2O2. The molecule has 24 heavy (non-hydrogen) atoms.